The van der Waals surface area contributed by atoms with E-state index in [0.29, 0.717) is 0 Å². The Labute approximate surface area is 44.1 Å². The zero-order valence-electron chi connectivity index (χ0n) is 4.70. The molecule has 0 aromatic heterocycles. The molecular formula is C5H12N2. The number of nitrogens with two attached hydrogens (primary N) is 1. The van der Waals surface area contributed by atoms with Gasteiger partial charge in [0.1, 0.15) is 0 Å². The largest absolute Gasteiger partial charge is 0.314 e. The highest BCUT2D eigenvalue weighted by atomic mass is 15.1. The summed E-state index contributed by atoms with van der Waals surface area (Å²) < 4.78 is 0. The van der Waals surface area contributed by atoms with Crippen molar-refractivity contribution in [3.05, 3.63) is 0 Å². The van der Waals surface area contributed by atoms with E-state index in [-0.39, 0.29) is 5.66 Å². The SMILES string of the molecule is CC1(N)CCCN1. The van der Waals surface area contributed by atoms with E-state index in [1.165, 1.54) is 6.42 Å². The van der Waals surface area contributed by atoms with Gasteiger partial charge in [-0.2, -0.15) is 0 Å². The molecule has 1 aliphatic heterocycles. The average Bonchev–Trinajstić information content (AvgIpc) is 1.84. The van der Waals surface area contributed by atoms with Crippen LogP contribution >= 0.6 is 0 Å². The van der Waals surface area contributed by atoms with E-state index in [4.69, 9.17) is 5.73 Å². The Morgan fingerprint density at radius 2 is 2.43 bits per heavy atom. The Bertz CT molecular complexity index is 60.5. The number of hydrogen-bond acceptors (Lipinski definition) is 2. The molecule has 0 aromatic carbocycles. The minimum Gasteiger partial charge on any atom is -0.314 e. The summed E-state index contributed by atoms with van der Waals surface area (Å²) in [4.78, 5) is 0. The van der Waals surface area contributed by atoms with Crippen LogP contribution in [0.4, 0.5) is 0 Å². The maximum absolute atomic E-state index is 5.67. The maximum atomic E-state index is 5.67. The van der Waals surface area contributed by atoms with Crippen molar-refractivity contribution in [3.8, 4) is 0 Å². The van der Waals surface area contributed by atoms with Gasteiger partial charge in [0.25, 0.3) is 0 Å². The van der Waals surface area contributed by atoms with E-state index in [1.807, 2.05) is 6.92 Å². The van der Waals surface area contributed by atoms with Gasteiger partial charge in [0, 0.05) is 0 Å². The zero-order valence-corrected chi connectivity index (χ0v) is 4.70. The molecule has 7 heavy (non-hydrogen) atoms. The molecule has 1 rings (SSSR count). The van der Waals surface area contributed by atoms with Gasteiger partial charge in [-0.05, 0) is 26.3 Å². The maximum Gasteiger partial charge on any atom is 0.0633 e. The highest BCUT2D eigenvalue weighted by molar-refractivity contribution is 4.81. The summed E-state index contributed by atoms with van der Waals surface area (Å²) in [5.41, 5.74) is 5.61. The van der Waals surface area contributed by atoms with Gasteiger partial charge in [-0.25, -0.2) is 0 Å². The summed E-state index contributed by atoms with van der Waals surface area (Å²) in [5, 5.41) is 3.17. The van der Waals surface area contributed by atoms with Crippen molar-refractivity contribution in [3.63, 3.8) is 0 Å². The first-order valence-corrected chi connectivity index (χ1v) is 2.75. The lowest BCUT2D eigenvalue weighted by molar-refractivity contribution is 0.433. The fourth-order valence-electron chi connectivity index (χ4n) is 0.918. The molecule has 1 unspecified atom stereocenters. The van der Waals surface area contributed by atoms with Crippen LogP contribution in [-0.4, -0.2) is 12.2 Å². The fourth-order valence-corrected chi connectivity index (χ4v) is 0.918. The Kier molecular flexibility index (Phi) is 1.05. The van der Waals surface area contributed by atoms with Crippen LogP contribution in [0.2, 0.25) is 0 Å². The first-order valence-electron chi connectivity index (χ1n) is 2.75. The molecule has 2 nitrogen and oxygen atoms in total. The van der Waals surface area contributed by atoms with Crippen LogP contribution in [-0.2, 0) is 0 Å². The van der Waals surface area contributed by atoms with Crippen molar-refractivity contribution in [1.82, 2.24) is 5.32 Å². The lowest BCUT2D eigenvalue weighted by Crippen LogP contribution is -2.45. The molecule has 1 aliphatic rings. The summed E-state index contributed by atoms with van der Waals surface area (Å²) in [7, 11) is 0. The number of rotatable bonds is 0. The second-order valence-corrected chi connectivity index (χ2v) is 2.45. The molecule has 3 N–H and O–H groups in total. The van der Waals surface area contributed by atoms with Crippen LogP contribution < -0.4 is 11.1 Å². The van der Waals surface area contributed by atoms with Gasteiger partial charge in [0.2, 0.25) is 0 Å². The van der Waals surface area contributed by atoms with Gasteiger partial charge in [-0.15, -0.1) is 0 Å². The molecular weight excluding hydrogens is 88.1 g/mol. The minimum absolute atomic E-state index is 0.0556. The van der Waals surface area contributed by atoms with Crippen LogP contribution in [0.1, 0.15) is 19.8 Å². The Balaban J connectivity index is 2.40. The Morgan fingerprint density at radius 1 is 1.71 bits per heavy atom. The van der Waals surface area contributed by atoms with Crippen LogP contribution in [0.15, 0.2) is 0 Å². The highest BCUT2D eigenvalue weighted by Gasteiger charge is 2.21. The van der Waals surface area contributed by atoms with E-state index < -0.39 is 0 Å². The standard InChI is InChI=1S/C5H12N2/c1-5(6)3-2-4-7-5/h7H,2-4,6H2,1H3. The topological polar surface area (TPSA) is 38.0 Å². The molecule has 1 atom stereocenters. The zero-order chi connectivity index (χ0) is 5.33. The summed E-state index contributed by atoms with van der Waals surface area (Å²) in [6.07, 6.45) is 2.35. The van der Waals surface area contributed by atoms with Crippen LogP contribution in [0.5, 0.6) is 0 Å². The fraction of sp³-hybridized carbons (Fsp3) is 1.00. The Hall–Kier alpha value is -0.0800. The van der Waals surface area contributed by atoms with E-state index >= 15 is 0 Å². The molecule has 0 saturated carbocycles. The van der Waals surface area contributed by atoms with Crippen molar-refractivity contribution >= 4 is 0 Å². The summed E-state index contributed by atoms with van der Waals surface area (Å²) >= 11 is 0. The van der Waals surface area contributed by atoms with Gasteiger partial charge >= 0.3 is 0 Å². The predicted molar refractivity (Wildman–Crippen MR) is 29.8 cm³/mol. The monoisotopic (exact) mass is 100 g/mol. The van der Waals surface area contributed by atoms with E-state index in [1.54, 1.807) is 0 Å². The van der Waals surface area contributed by atoms with Crippen LogP contribution in [0.3, 0.4) is 0 Å². The quantitative estimate of drug-likeness (QED) is 0.451. The predicted octanol–water partition coefficient (Wildman–Crippen LogP) is 0.0447. The third-order valence-electron chi connectivity index (χ3n) is 1.40. The molecule has 0 spiro atoms. The van der Waals surface area contributed by atoms with Crippen molar-refractivity contribution in [2.45, 2.75) is 25.4 Å². The smallest absolute Gasteiger partial charge is 0.0633 e. The third kappa shape index (κ3) is 1.14. The number of hydrogen-bond donors (Lipinski definition) is 2. The van der Waals surface area contributed by atoms with E-state index in [0.717, 1.165) is 13.0 Å². The van der Waals surface area contributed by atoms with E-state index in [2.05, 4.69) is 5.32 Å². The molecule has 1 fully saturated rings. The van der Waals surface area contributed by atoms with Gasteiger partial charge in [0.15, 0.2) is 0 Å². The molecule has 42 valence electrons. The second kappa shape index (κ2) is 1.46. The summed E-state index contributed by atoms with van der Waals surface area (Å²) in [6, 6.07) is 0. The highest BCUT2D eigenvalue weighted by Crippen LogP contribution is 2.10. The van der Waals surface area contributed by atoms with Gasteiger partial charge in [-0.3, -0.25) is 5.32 Å². The molecule has 0 aliphatic carbocycles. The minimum atomic E-state index is -0.0556. The molecule has 0 amide bonds. The molecule has 1 saturated heterocycles. The molecule has 0 radical (unpaired) electrons. The molecule has 2 heteroatoms. The van der Waals surface area contributed by atoms with Crippen molar-refractivity contribution < 1.29 is 0 Å². The van der Waals surface area contributed by atoms with Gasteiger partial charge in [0.05, 0.1) is 5.66 Å². The summed E-state index contributed by atoms with van der Waals surface area (Å²) in [6.45, 7) is 3.12. The van der Waals surface area contributed by atoms with Gasteiger partial charge < -0.3 is 5.73 Å². The van der Waals surface area contributed by atoms with Gasteiger partial charge in [-0.1, -0.05) is 0 Å². The van der Waals surface area contributed by atoms with Crippen molar-refractivity contribution in [2.24, 2.45) is 5.73 Å². The third-order valence-corrected chi connectivity index (χ3v) is 1.40. The molecule has 1 heterocycles. The average molecular weight is 100 g/mol. The Morgan fingerprint density at radius 3 is 2.57 bits per heavy atom. The number of nitrogens with one attached hydrogen (secondary N) is 1. The summed E-state index contributed by atoms with van der Waals surface area (Å²) in [5.74, 6) is 0. The lowest BCUT2D eigenvalue weighted by atomic mass is 10.2. The van der Waals surface area contributed by atoms with Crippen LogP contribution in [0.25, 0.3) is 0 Å². The van der Waals surface area contributed by atoms with Crippen LogP contribution in [0, 0.1) is 0 Å². The first-order chi connectivity index (χ1) is 3.21. The molecule has 0 aromatic rings. The normalized spacial score (nSPS) is 42.0. The second-order valence-electron chi connectivity index (χ2n) is 2.45. The van der Waals surface area contributed by atoms with Crippen molar-refractivity contribution in [1.29, 1.82) is 0 Å². The first kappa shape index (κ1) is 5.06. The van der Waals surface area contributed by atoms with Crippen molar-refractivity contribution in [2.75, 3.05) is 6.54 Å². The van der Waals surface area contributed by atoms with E-state index in [9.17, 15) is 0 Å². The molecule has 0 bridgehead atoms. The lowest BCUT2D eigenvalue weighted by Gasteiger charge is -2.15.